The number of nitrogens with zero attached hydrogens (tertiary/aromatic N) is 5. The second kappa shape index (κ2) is 10.7. The minimum atomic E-state index is -0.709. The zero-order valence-electron chi connectivity index (χ0n) is 20.3. The lowest BCUT2D eigenvalue weighted by molar-refractivity contribution is 0.303. The van der Waals surface area contributed by atoms with Crippen LogP contribution in [0.15, 0.2) is 40.1 Å². The van der Waals surface area contributed by atoms with E-state index < -0.39 is 17.1 Å². The lowest BCUT2D eigenvalue weighted by Gasteiger charge is -2.12. The smallest absolute Gasteiger partial charge is 0.366 e. The zero-order valence-corrected chi connectivity index (χ0v) is 21.1. The number of unbranched alkanes of at least 4 members (excludes halogenated alkanes) is 3. The van der Waals surface area contributed by atoms with Gasteiger partial charge in [0.15, 0.2) is 0 Å². The lowest BCUT2D eigenvalue weighted by atomic mass is 10.0. The quantitative estimate of drug-likeness (QED) is 0.280. The maximum absolute atomic E-state index is 15.2. The Morgan fingerprint density at radius 1 is 1.16 bits per heavy atom. The number of aromatic nitrogens is 7. The molecular formula is C25H27ClFN7O3. The van der Waals surface area contributed by atoms with Crippen molar-refractivity contribution in [1.82, 2.24) is 35.0 Å². The fraction of sp³-hybridized carbons (Fsp3) is 0.400. The number of halogens is 2. The molecule has 0 amide bonds. The largest absolute Gasteiger partial charge is 0.493 e. The third-order valence-electron chi connectivity index (χ3n) is 6.30. The highest BCUT2D eigenvalue weighted by molar-refractivity contribution is 6.33. The van der Waals surface area contributed by atoms with Gasteiger partial charge in [0, 0.05) is 29.9 Å². The van der Waals surface area contributed by atoms with Gasteiger partial charge in [-0.3, -0.25) is 9.48 Å². The zero-order chi connectivity index (χ0) is 25.9. The first-order valence-electron chi connectivity index (χ1n) is 12.4. The summed E-state index contributed by atoms with van der Waals surface area (Å²) >= 11 is 6.52. The highest BCUT2D eigenvalue weighted by Crippen LogP contribution is 2.35. The van der Waals surface area contributed by atoms with Crippen molar-refractivity contribution in [2.75, 3.05) is 6.61 Å². The maximum atomic E-state index is 15.2. The van der Waals surface area contributed by atoms with Crippen LogP contribution in [-0.4, -0.2) is 41.6 Å². The fourth-order valence-electron chi connectivity index (χ4n) is 4.19. The summed E-state index contributed by atoms with van der Waals surface area (Å²) in [5.41, 5.74) is -0.638. The number of aromatic amines is 2. The molecule has 12 heteroatoms. The molecular weight excluding hydrogens is 501 g/mol. The molecule has 1 aliphatic rings. The summed E-state index contributed by atoms with van der Waals surface area (Å²) in [4.78, 5) is 28.2. The van der Waals surface area contributed by atoms with E-state index in [1.807, 2.05) is 0 Å². The Hall–Kier alpha value is -3.73. The normalized spacial score (nSPS) is 13.3. The van der Waals surface area contributed by atoms with Gasteiger partial charge in [-0.05, 0) is 53.8 Å². The van der Waals surface area contributed by atoms with Gasteiger partial charge in [-0.15, -0.1) is 0 Å². The molecule has 194 valence electrons. The Bertz CT molecular complexity index is 1520. The van der Waals surface area contributed by atoms with Crippen molar-refractivity contribution in [3.8, 4) is 34.0 Å². The van der Waals surface area contributed by atoms with E-state index in [9.17, 15) is 9.59 Å². The van der Waals surface area contributed by atoms with Crippen molar-refractivity contribution in [3.63, 3.8) is 0 Å². The van der Waals surface area contributed by atoms with Gasteiger partial charge >= 0.3 is 5.69 Å². The summed E-state index contributed by atoms with van der Waals surface area (Å²) in [6, 6.07) is 6.03. The van der Waals surface area contributed by atoms with Gasteiger partial charge in [-0.1, -0.05) is 37.8 Å². The summed E-state index contributed by atoms with van der Waals surface area (Å²) in [6.07, 6.45) is 8.13. The minimum absolute atomic E-state index is 0.117. The van der Waals surface area contributed by atoms with Gasteiger partial charge < -0.3 is 9.72 Å². The van der Waals surface area contributed by atoms with E-state index in [0.29, 0.717) is 29.8 Å². The van der Waals surface area contributed by atoms with Crippen LogP contribution in [0.25, 0.3) is 28.2 Å². The molecule has 0 radical (unpaired) electrons. The van der Waals surface area contributed by atoms with Crippen LogP contribution in [0.3, 0.4) is 0 Å². The molecule has 1 aliphatic carbocycles. The molecule has 1 saturated carbocycles. The van der Waals surface area contributed by atoms with Gasteiger partial charge in [0.25, 0.3) is 5.56 Å². The van der Waals surface area contributed by atoms with Crippen molar-refractivity contribution in [2.24, 2.45) is 5.92 Å². The first kappa shape index (κ1) is 24.9. The monoisotopic (exact) mass is 527 g/mol. The second-order valence-electron chi connectivity index (χ2n) is 9.23. The molecule has 10 nitrogen and oxygen atoms in total. The number of rotatable bonds is 11. The first-order chi connectivity index (χ1) is 17.9. The topological polar surface area (TPSA) is 123 Å². The van der Waals surface area contributed by atoms with E-state index in [4.69, 9.17) is 16.3 Å². The molecule has 0 saturated heterocycles. The fourth-order valence-corrected chi connectivity index (χ4v) is 4.45. The highest BCUT2D eigenvalue weighted by atomic mass is 35.5. The maximum Gasteiger partial charge on any atom is 0.366 e. The molecule has 0 atom stereocenters. The lowest BCUT2D eigenvalue weighted by Crippen LogP contribution is -2.25. The SMILES string of the molecule is CCCCCCOc1ccc(-c2cc(-c3nn(CC4CC4)cc3Cl)c(-n3nn[nH]c3=O)c(=O)[nH]2)c(F)c1. The summed E-state index contributed by atoms with van der Waals surface area (Å²) in [6.45, 7) is 3.33. The van der Waals surface area contributed by atoms with Gasteiger partial charge in [0.1, 0.15) is 22.9 Å². The predicted molar refractivity (Wildman–Crippen MR) is 137 cm³/mol. The van der Waals surface area contributed by atoms with Crippen molar-refractivity contribution in [2.45, 2.75) is 52.0 Å². The minimum Gasteiger partial charge on any atom is -0.493 e. The van der Waals surface area contributed by atoms with E-state index in [2.05, 4.69) is 32.5 Å². The van der Waals surface area contributed by atoms with E-state index in [-0.39, 0.29) is 28.2 Å². The van der Waals surface area contributed by atoms with Crippen LogP contribution in [0.4, 0.5) is 4.39 Å². The molecule has 0 bridgehead atoms. The van der Waals surface area contributed by atoms with E-state index >= 15 is 4.39 Å². The molecule has 37 heavy (non-hydrogen) atoms. The number of nitrogens with one attached hydrogen (secondary N) is 2. The van der Waals surface area contributed by atoms with Crippen LogP contribution in [0.5, 0.6) is 5.75 Å². The molecule has 1 aromatic carbocycles. The van der Waals surface area contributed by atoms with Crippen molar-refractivity contribution in [3.05, 3.63) is 62.1 Å². The highest BCUT2D eigenvalue weighted by Gasteiger charge is 2.25. The molecule has 3 aromatic heterocycles. The standard InChI is InChI=1S/C25H27ClFN7O3/c1-2-3-4-5-10-37-16-8-9-17(20(27)11-16)21-12-18(22-19(26)14-33(30-22)13-15-6-7-15)23(24(35)28-21)34-25(36)29-31-32-34/h8-9,11-12,14-15H,2-7,10,13H2,1H3,(H,28,35)(H,29,32,36). The third kappa shape index (κ3) is 5.51. The number of hydrogen-bond acceptors (Lipinski definition) is 6. The Kier molecular flexibility index (Phi) is 7.22. The Labute approximate surface area is 216 Å². The molecule has 2 N–H and O–H groups in total. The summed E-state index contributed by atoms with van der Waals surface area (Å²) < 4.78 is 23.4. The Balaban J connectivity index is 1.53. The molecule has 1 fully saturated rings. The Morgan fingerprint density at radius 2 is 2.00 bits per heavy atom. The second-order valence-corrected chi connectivity index (χ2v) is 9.64. The number of benzene rings is 1. The average Bonchev–Trinajstić information content (AvgIpc) is 3.47. The van der Waals surface area contributed by atoms with Crippen LogP contribution in [0.1, 0.15) is 45.4 Å². The van der Waals surface area contributed by atoms with Gasteiger partial charge in [0.2, 0.25) is 0 Å². The summed E-state index contributed by atoms with van der Waals surface area (Å²) in [7, 11) is 0. The van der Waals surface area contributed by atoms with Gasteiger partial charge in [-0.25, -0.2) is 14.3 Å². The third-order valence-corrected chi connectivity index (χ3v) is 6.58. The van der Waals surface area contributed by atoms with E-state index in [1.54, 1.807) is 23.0 Å². The summed E-state index contributed by atoms with van der Waals surface area (Å²) in [5.74, 6) is 0.384. The number of ether oxygens (including phenoxy) is 1. The van der Waals surface area contributed by atoms with E-state index in [0.717, 1.165) is 43.2 Å². The number of pyridine rings is 1. The van der Waals surface area contributed by atoms with Crippen LogP contribution in [-0.2, 0) is 6.54 Å². The van der Waals surface area contributed by atoms with Crippen molar-refractivity contribution >= 4 is 11.6 Å². The molecule has 4 aromatic rings. The van der Waals surface area contributed by atoms with Crippen molar-refractivity contribution in [1.29, 1.82) is 0 Å². The number of H-pyrrole nitrogens is 2. The molecule has 0 unspecified atom stereocenters. The first-order valence-corrected chi connectivity index (χ1v) is 12.8. The van der Waals surface area contributed by atoms with Crippen molar-refractivity contribution < 1.29 is 9.13 Å². The molecule has 3 heterocycles. The van der Waals surface area contributed by atoms with Crippen LogP contribution >= 0.6 is 11.6 Å². The van der Waals surface area contributed by atoms with Crippen LogP contribution in [0.2, 0.25) is 5.02 Å². The van der Waals surface area contributed by atoms with Gasteiger partial charge in [-0.2, -0.15) is 9.78 Å². The molecule has 0 spiro atoms. The van der Waals surface area contributed by atoms with Crippen LogP contribution in [0, 0.1) is 11.7 Å². The molecule has 5 rings (SSSR count). The predicted octanol–water partition coefficient (Wildman–Crippen LogP) is 4.34. The average molecular weight is 528 g/mol. The van der Waals surface area contributed by atoms with Crippen LogP contribution < -0.4 is 16.0 Å². The van der Waals surface area contributed by atoms with Gasteiger partial charge in [0.05, 0.1) is 17.3 Å². The number of hydrogen-bond donors (Lipinski definition) is 2. The molecule has 0 aliphatic heterocycles. The van der Waals surface area contributed by atoms with E-state index in [1.165, 1.54) is 12.1 Å². The Morgan fingerprint density at radius 3 is 2.70 bits per heavy atom. The summed E-state index contributed by atoms with van der Waals surface area (Å²) in [5, 5.41) is 14.2. The number of tetrazole rings is 1.